The average molecular weight is 265 g/mol. The molecule has 0 radical (unpaired) electrons. The Hall–Kier alpha value is -1.31. The first kappa shape index (κ1) is 11.8. The summed E-state index contributed by atoms with van der Waals surface area (Å²) in [6.07, 6.45) is 1.15. The summed E-state index contributed by atoms with van der Waals surface area (Å²) in [5, 5.41) is 7.29. The Bertz CT molecular complexity index is 601. The molecule has 7 heteroatoms. The van der Waals surface area contributed by atoms with Crippen molar-refractivity contribution in [2.24, 2.45) is 0 Å². The van der Waals surface area contributed by atoms with Crippen LogP contribution in [0.1, 0.15) is 12.1 Å². The number of hydrogen-bond donors (Lipinski definition) is 1. The highest BCUT2D eigenvalue weighted by molar-refractivity contribution is 7.14. The largest absolute Gasteiger partial charge is 0.315 e. The first-order chi connectivity index (χ1) is 8.74. The summed E-state index contributed by atoms with van der Waals surface area (Å²) in [5.74, 6) is 0. The Morgan fingerprint density at radius 2 is 2.56 bits per heavy atom. The first-order valence-corrected chi connectivity index (χ1v) is 6.85. The van der Waals surface area contributed by atoms with E-state index in [0.29, 0.717) is 17.5 Å². The molecule has 2 aromatic heterocycles. The maximum atomic E-state index is 11.8. The maximum Gasteiger partial charge on any atom is 0.275 e. The van der Waals surface area contributed by atoms with E-state index < -0.39 is 0 Å². The van der Waals surface area contributed by atoms with Crippen LogP contribution in [-0.2, 0) is 6.54 Å². The highest BCUT2D eigenvalue weighted by Crippen LogP contribution is 2.10. The fourth-order valence-corrected chi connectivity index (χ4v) is 2.92. The molecule has 0 aromatic carbocycles. The smallest absolute Gasteiger partial charge is 0.275 e. The van der Waals surface area contributed by atoms with Gasteiger partial charge in [-0.25, -0.2) is 4.98 Å². The predicted octanol–water partition coefficient (Wildman–Crippen LogP) is -0.0553. The summed E-state index contributed by atoms with van der Waals surface area (Å²) in [5.41, 5.74) is 2.35. The van der Waals surface area contributed by atoms with E-state index in [4.69, 9.17) is 0 Å². The molecular formula is C11H15N5OS. The lowest BCUT2D eigenvalue weighted by Crippen LogP contribution is -2.33. The molecule has 0 saturated carbocycles. The standard InChI is InChI=1S/C11H15N5OS/c1-15(9-2-3-12-5-9)6-8-4-10(17)16-11(14-8)18-7-13-16/h4,7,9,12H,2-3,5-6H2,1H3. The minimum Gasteiger partial charge on any atom is -0.315 e. The maximum absolute atomic E-state index is 11.8. The second kappa shape index (κ2) is 4.75. The lowest BCUT2D eigenvalue weighted by molar-refractivity contribution is 0.246. The molecule has 2 aromatic rings. The van der Waals surface area contributed by atoms with E-state index in [2.05, 4.69) is 27.3 Å². The molecule has 18 heavy (non-hydrogen) atoms. The molecule has 1 fully saturated rings. The van der Waals surface area contributed by atoms with E-state index >= 15 is 0 Å². The van der Waals surface area contributed by atoms with E-state index in [1.807, 2.05) is 0 Å². The number of aromatic nitrogens is 3. The van der Waals surface area contributed by atoms with Gasteiger partial charge < -0.3 is 5.32 Å². The van der Waals surface area contributed by atoms with E-state index in [1.165, 1.54) is 15.9 Å². The molecule has 3 rings (SSSR count). The van der Waals surface area contributed by atoms with Gasteiger partial charge in [0.05, 0.1) is 5.69 Å². The molecule has 3 heterocycles. The van der Waals surface area contributed by atoms with Crippen LogP contribution < -0.4 is 10.9 Å². The van der Waals surface area contributed by atoms with E-state index in [-0.39, 0.29) is 5.56 Å². The zero-order valence-electron chi connectivity index (χ0n) is 10.2. The summed E-state index contributed by atoms with van der Waals surface area (Å²) < 4.78 is 1.34. The molecule has 0 amide bonds. The molecule has 0 aliphatic carbocycles. The summed E-state index contributed by atoms with van der Waals surface area (Å²) in [4.78, 5) is 19.2. The third-order valence-electron chi connectivity index (χ3n) is 3.31. The van der Waals surface area contributed by atoms with E-state index in [1.54, 1.807) is 11.6 Å². The van der Waals surface area contributed by atoms with Gasteiger partial charge in [0.15, 0.2) is 0 Å². The Morgan fingerprint density at radius 3 is 3.33 bits per heavy atom. The van der Waals surface area contributed by atoms with Crippen molar-refractivity contribution < 1.29 is 0 Å². The fraction of sp³-hybridized carbons (Fsp3) is 0.545. The summed E-state index contributed by atoms with van der Waals surface area (Å²) >= 11 is 1.38. The molecule has 1 saturated heterocycles. The highest BCUT2D eigenvalue weighted by Gasteiger charge is 2.19. The van der Waals surface area contributed by atoms with Crippen LogP contribution in [0.3, 0.4) is 0 Å². The number of likely N-dealkylation sites (N-methyl/N-ethyl adjacent to an activating group) is 1. The van der Waals surface area contributed by atoms with Crippen molar-refractivity contribution in [2.45, 2.75) is 19.0 Å². The number of fused-ring (bicyclic) bond motifs is 1. The predicted molar refractivity (Wildman–Crippen MR) is 69.9 cm³/mol. The van der Waals surface area contributed by atoms with Crippen LogP contribution in [0.2, 0.25) is 0 Å². The van der Waals surface area contributed by atoms with Gasteiger partial charge in [-0.1, -0.05) is 11.3 Å². The van der Waals surface area contributed by atoms with Crippen LogP contribution in [0.4, 0.5) is 0 Å². The Morgan fingerprint density at radius 1 is 1.67 bits per heavy atom. The van der Waals surface area contributed by atoms with Crippen molar-refractivity contribution in [2.75, 3.05) is 20.1 Å². The van der Waals surface area contributed by atoms with Crippen LogP contribution in [0.5, 0.6) is 0 Å². The van der Waals surface area contributed by atoms with Crippen molar-refractivity contribution in [3.63, 3.8) is 0 Å². The lowest BCUT2D eigenvalue weighted by Gasteiger charge is -2.22. The van der Waals surface area contributed by atoms with Crippen LogP contribution in [0.15, 0.2) is 16.4 Å². The molecule has 0 spiro atoms. The highest BCUT2D eigenvalue weighted by atomic mass is 32.1. The SMILES string of the molecule is CN(Cc1cc(=O)n2ncsc2n1)C1CCNC1. The molecule has 6 nitrogen and oxygen atoms in total. The van der Waals surface area contributed by atoms with E-state index in [0.717, 1.165) is 25.2 Å². The molecule has 1 N–H and O–H groups in total. The fourth-order valence-electron chi connectivity index (χ4n) is 2.28. The molecule has 1 unspecified atom stereocenters. The second-order valence-corrected chi connectivity index (χ2v) is 5.39. The minimum atomic E-state index is -0.103. The monoisotopic (exact) mass is 265 g/mol. The number of rotatable bonds is 3. The zero-order chi connectivity index (χ0) is 12.5. The van der Waals surface area contributed by atoms with Crippen molar-refractivity contribution in [1.29, 1.82) is 0 Å². The summed E-state index contributed by atoms with van der Waals surface area (Å²) in [6, 6.07) is 2.11. The van der Waals surface area contributed by atoms with Gasteiger partial charge in [-0.3, -0.25) is 9.69 Å². The molecule has 0 bridgehead atoms. The first-order valence-electron chi connectivity index (χ1n) is 5.97. The van der Waals surface area contributed by atoms with Crippen molar-refractivity contribution in [3.8, 4) is 0 Å². The molecule has 1 atom stereocenters. The molecule has 1 aliphatic rings. The van der Waals surface area contributed by atoms with Gasteiger partial charge in [0, 0.05) is 25.2 Å². The van der Waals surface area contributed by atoms with Gasteiger partial charge in [0.25, 0.3) is 5.56 Å². The zero-order valence-corrected chi connectivity index (χ0v) is 11.0. The van der Waals surface area contributed by atoms with Crippen molar-refractivity contribution in [1.82, 2.24) is 24.8 Å². The van der Waals surface area contributed by atoms with Gasteiger partial charge in [-0.15, -0.1) is 0 Å². The number of hydrogen-bond acceptors (Lipinski definition) is 6. The third-order valence-corrected chi connectivity index (χ3v) is 3.98. The van der Waals surface area contributed by atoms with Gasteiger partial charge >= 0.3 is 0 Å². The van der Waals surface area contributed by atoms with Crippen LogP contribution >= 0.6 is 11.3 Å². The average Bonchev–Trinajstić information content (AvgIpc) is 2.99. The lowest BCUT2D eigenvalue weighted by atomic mass is 10.2. The quantitative estimate of drug-likeness (QED) is 0.843. The van der Waals surface area contributed by atoms with E-state index in [9.17, 15) is 4.79 Å². The van der Waals surface area contributed by atoms with Gasteiger partial charge in [0.2, 0.25) is 4.96 Å². The normalized spacial score (nSPS) is 20.0. The van der Waals surface area contributed by atoms with Gasteiger partial charge in [-0.2, -0.15) is 9.61 Å². The topological polar surface area (TPSA) is 62.5 Å². The Balaban J connectivity index is 1.83. The minimum absolute atomic E-state index is 0.103. The third kappa shape index (κ3) is 2.16. The van der Waals surface area contributed by atoms with Gasteiger partial charge in [-0.05, 0) is 20.0 Å². The van der Waals surface area contributed by atoms with Gasteiger partial charge in [0.1, 0.15) is 5.51 Å². The Kier molecular flexibility index (Phi) is 3.11. The second-order valence-electron chi connectivity index (χ2n) is 4.58. The molecule has 1 aliphatic heterocycles. The Labute approximate surface area is 108 Å². The molecule has 96 valence electrons. The van der Waals surface area contributed by atoms with Crippen LogP contribution in [-0.4, -0.2) is 45.7 Å². The van der Waals surface area contributed by atoms with Crippen molar-refractivity contribution >= 4 is 16.3 Å². The summed E-state index contributed by atoms with van der Waals surface area (Å²) in [7, 11) is 2.08. The summed E-state index contributed by atoms with van der Waals surface area (Å²) in [6.45, 7) is 2.78. The van der Waals surface area contributed by atoms with Crippen LogP contribution in [0.25, 0.3) is 4.96 Å². The number of nitrogens with one attached hydrogen (secondary N) is 1. The number of nitrogens with zero attached hydrogens (tertiary/aromatic N) is 4. The van der Waals surface area contributed by atoms with Crippen LogP contribution in [0, 0.1) is 0 Å². The molecular weight excluding hydrogens is 250 g/mol. The van der Waals surface area contributed by atoms with Crippen molar-refractivity contribution in [3.05, 3.63) is 27.6 Å².